The molecule has 3 aromatic heterocycles. The summed E-state index contributed by atoms with van der Waals surface area (Å²) in [4.78, 5) is 16.1. The van der Waals surface area contributed by atoms with E-state index in [1.807, 2.05) is 6.07 Å². The molecule has 0 atom stereocenters. The molecule has 5 nitrogen and oxygen atoms in total. The van der Waals surface area contributed by atoms with Crippen LogP contribution in [0.3, 0.4) is 0 Å². The van der Waals surface area contributed by atoms with Gasteiger partial charge in [-0.3, -0.25) is 0 Å². The van der Waals surface area contributed by atoms with E-state index in [1.165, 1.54) is 21.9 Å². The van der Waals surface area contributed by atoms with Crippen LogP contribution in [0.1, 0.15) is 0 Å². The maximum Gasteiger partial charge on any atom is 0.164 e. The maximum absolute atomic E-state index is 5.42. The van der Waals surface area contributed by atoms with Crippen LogP contribution >= 0.6 is 0 Å². The first-order valence-electron chi connectivity index (χ1n) is 23.0. The van der Waals surface area contributed by atoms with Crippen molar-refractivity contribution in [3.8, 4) is 78.9 Å². The van der Waals surface area contributed by atoms with E-state index in [2.05, 4.69) is 252 Å². The molecule has 0 radical (unpaired) electrons. The zero-order chi connectivity index (χ0) is 45.0. The minimum absolute atomic E-state index is 0.606. The summed E-state index contributed by atoms with van der Waals surface area (Å²) >= 11 is 0. The Bertz CT molecular complexity index is 4020. The summed E-state index contributed by atoms with van der Waals surface area (Å²) in [5.41, 5.74) is 16.2. The van der Waals surface area contributed by atoms with Crippen LogP contribution in [0.25, 0.3) is 123 Å². The Morgan fingerprint density at radius 2 is 0.676 bits per heavy atom. The van der Waals surface area contributed by atoms with E-state index >= 15 is 0 Å². The minimum atomic E-state index is 0.606. The van der Waals surface area contributed by atoms with Gasteiger partial charge in [-0.05, 0) is 88.0 Å². The lowest BCUT2D eigenvalue weighted by atomic mass is 9.98. The Morgan fingerprint density at radius 1 is 0.265 bits per heavy atom. The second kappa shape index (κ2) is 16.4. The van der Waals surface area contributed by atoms with Gasteiger partial charge in [0.05, 0.1) is 27.8 Å². The van der Waals surface area contributed by atoms with E-state index < -0.39 is 0 Å². The lowest BCUT2D eigenvalue weighted by Crippen LogP contribution is -2.01. The summed E-state index contributed by atoms with van der Waals surface area (Å²) in [6.07, 6.45) is 0. The summed E-state index contributed by atoms with van der Waals surface area (Å²) in [7, 11) is 0. The van der Waals surface area contributed by atoms with Crippen LogP contribution in [0.15, 0.2) is 249 Å². The van der Waals surface area contributed by atoms with Gasteiger partial charge in [-0.1, -0.05) is 194 Å². The van der Waals surface area contributed by atoms with E-state index in [4.69, 9.17) is 15.0 Å². The zero-order valence-electron chi connectivity index (χ0n) is 36.9. The second-order valence-corrected chi connectivity index (χ2v) is 17.2. The van der Waals surface area contributed by atoms with Crippen LogP contribution in [-0.4, -0.2) is 24.1 Å². The van der Waals surface area contributed by atoms with Crippen LogP contribution in [0.2, 0.25) is 0 Å². The normalized spacial score (nSPS) is 11.5. The number of hydrogen-bond donors (Lipinski definition) is 0. The van der Waals surface area contributed by atoms with Gasteiger partial charge in [0.25, 0.3) is 0 Å². The van der Waals surface area contributed by atoms with Crippen molar-refractivity contribution in [3.63, 3.8) is 0 Å². The third kappa shape index (κ3) is 6.68. The van der Waals surface area contributed by atoms with Crippen LogP contribution in [-0.2, 0) is 0 Å². The molecule has 10 aromatic carbocycles. The zero-order valence-corrected chi connectivity index (χ0v) is 36.9. The summed E-state index contributed by atoms with van der Waals surface area (Å²) in [5.74, 6) is 1.82. The fraction of sp³-hybridized carbons (Fsp3) is 0. The van der Waals surface area contributed by atoms with Crippen molar-refractivity contribution >= 4 is 43.6 Å². The molecule has 0 unspecified atom stereocenters. The first-order chi connectivity index (χ1) is 33.7. The van der Waals surface area contributed by atoms with Gasteiger partial charge < -0.3 is 9.13 Å². The predicted octanol–water partition coefficient (Wildman–Crippen LogP) is 16.1. The highest BCUT2D eigenvalue weighted by Crippen LogP contribution is 2.42. The Kier molecular flexibility index (Phi) is 9.43. The molecule has 68 heavy (non-hydrogen) atoms. The third-order valence-corrected chi connectivity index (χ3v) is 13.2. The van der Waals surface area contributed by atoms with Crippen molar-refractivity contribution in [1.29, 1.82) is 0 Å². The Balaban J connectivity index is 1.04. The minimum Gasteiger partial charge on any atom is -0.307 e. The smallest absolute Gasteiger partial charge is 0.164 e. The molecule has 0 spiro atoms. The third-order valence-electron chi connectivity index (χ3n) is 13.2. The quantitative estimate of drug-likeness (QED) is 0.153. The molecule has 0 amide bonds. The molecule has 13 aromatic rings. The highest BCUT2D eigenvalue weighted by atomic mass is 15.1. The monoisotopic (exact) mass is 867 g/mol. The molecule has 13 rings (SSSR count). The van der Waals surface area contributed by atoms with E-state index in [0.717, 1.165) is 83.2 Å². The highest BCUT2D eigenvalue weighted by Gasteiger charge is 2.23. The maximum atomic E-state index is 5.42. The summed E-state index contributed by atoms with van der Waals surface area (Å²) < 4.78 is 4.83. The molecule has 5 heteroatoms. The molecule has 0 N–H and O–H groups in total. The predicted molar refractivity (Wildman–Crippen MR) is 281 cm³/mol. The number of aromatic nitrogens is 5. The first kappa shape index (κ1) is 39.2. The van der Waals surface area contributed by atoms with Gasteiger partial charge in [0.1, 0.15) is 0 Å². The van der Waals surface area contributed by atoms with E-state index in [0.29, 0.717) is 17.5 Å². The van der Waals surface area contributed by atoms with E-state index in [9.17, 15) is 0 Å². The highest BCUT2D eigenvalue weighted by molar-refractivity contribution is 6.18. The van der Waals surface area contributed by atoms with Crippen LogP contribution < -0.4 is 0 Å². The van der Waals surface area contributed by atoms with Gasteiger partial charge in [-0.15, -0.1) is 0 Å². The van der Waals surface area contributed by atoms with Gasteiger partial charge in [-0.2, -0.15) is 0 Å². The van der Waals surface area contributed by atoms with Crippen molar-refractivity contribution in [1.82, 2.24) is 24.1 Å². The molecular formula is C63H41N5. The molecule has 0 aliphatic rings. The fourth-order valence-electron chi connectivity index (χ4n) is 10.1. The molecule has 0 saturated heterocycles. The number of rotatable bonds is 8. The van der Waals surface area contributed by atoms with Crippen molar-refractivity contribution in [2.75, 3.05) is 0 Å². The average molecular weight is 868 g/mol. The molecule has 318 valence electrons. The lowest BCUT2D eigenvalue weighted by molar-refractivity contribution is 1.08. The first-order valence-corrected chi connectivity index (χ1v) is 23.0. The Hall–Kier alpha value is -9.19. The van der Waals surface area contributed by atoms with Crippen molar-refractivity contribution in [2.24, 2.45) is 0 Å². The van der Waals surface area contributed by atoms with E-state index in [-0.39, 0.29) is 0 Å². The van der Waals surface area contributed by atoms with Gasteiger partial charge >= 0.3 is 0 Å². The summed E-state index contributed by atoms with van der Waals surface area (Å²) in [6, 6.07) is 88.1. The van der Waals surface area contributed by atoms with Gasteiger partial charge in [0.15, 0.2) is 17.5 Å². The number of nitrogens with zero attached hydrogens (tertiary/aromatic N) is 5. The second-order valence-electron chi connectivity index (χ2n) is 17.2. The molecule has 3 heterocycles. The largest absolute Gasteiger partial charge is 0.307 e. The van der Waals surface area contributed by atoms with E-state index in [1.54, 1.807) is 0 Å². The number of benzene rings is 10. The topological polar surface area (TPSA) is 48.5 Å². The standard InChI is InChI=1S/C63H41N5/c1-4-19-42(20-5-1)44-23-14-25-46(39-44)47-26-16-28-49(41-47)62-64-61(48-27-15-24-45(40-48)43-21-6-2-7-22-43)65-63(66-62)54-34-18-37-57-59(54)53-32-11-13-36-56(53)68(57)58-38-17-33-52-51-31-10-12-35-55(51)67(60(52)58)50-29-8-3-9-30-50/h1-41H. The summed E-state index contributed by atoms with van der Waals surface area (Å²) in [6.45, 7) is 0. The van der Waals surface area contributed by atoms with Gasteiger partial charge in [-0.25, -0.2) is 15.0 Å². The Morgan fingerprint density at radius 3 is 1.29 bits per heavy atom. The van der Waals surface area contributed by atoms with Crippen LogP contribution in [0.4, 0.5) is 0 Å². The SMILES string of the molecule is c1ccc(-c2cccc(-c3cccc(-c4nc(-c5cccc(-c6ccccc6)c5)nc(-c5cccc6c5c5ccccc5n6-c5cccc6c7ccccc7n(-c7ccccc7)c56)n4)c3)c2)cc1. The number of hydrogen-bond acceptors (Lipinski definition) is 3. The fourth-order valence-corrected chi connectivity index (χ4v) is 10.1. The molecule has 0 saturated carbocycles. The molecule has 0 fully saturated rings. The molecule has 0 aliphatic heterocycles. The Labute approximate surface area is 393 Å². The van der Waals surface area contributed by atoms with Gasteiger partial charge in [0, 0.05) is 43.9 Å². The van der Waals surface area contributed by atoms with Crippen molar-refractivity contribution < 1.29 is 0 Å². The summed E-state index contributed by atoms with van der Waals surface area (Å²) in [5, 5.41) is 4.61. The molecule has 0 bridgehead atoms. The lowest BCUT2D eigenvalue weighted by Gasteiger charge is -2.14. The van der Waals surface area contributed by atoms with Gasteiger partial charge in [0.2, 0.25) is 0 Å². The molecular weight excluding hydrogens is 827 g/mol. The molecule has 0 aliphatic carbocycles. The van der Waals surface area contributed by atoms with Crippen molar-refractivity contribution in [3.05, 3.63) is 249 Å². The average Bonchev–Trinajstić information content (AvgIpc) is 3.95. The van der Waals surface area contributed by atoms with Crippen LogP contribution in [0.5, 0.6) is 0 Å². The number of fused-ring (bicyclic) bond motifs is 6. The van der Waals surface area contributed by atoms with Crippen molar-refractivity contribution in [2.45, 2.75) is 0 Å². The number of para-hydroxylation sites is 4. The van der Waals surface area contributed by atoms with Crippen LogP contribution in [0, 0.1) is 0 Å².